The highest BCUT2D eigenvalue weighted by atomic mass is 16.3. The molecule has 1 atom stereocenters. The van der Waals surface area contributed by atoms with E-state index < -0.39 is 0 Å². The van der Waals surface area contributed by atoms with E-state index in [0.29, 0.717) is 39.1 Å². The van der Waals surface area contributed by atoms with Crippen LogP contribution in [0.1, 0.15) is 19.1 Å². The van der Waals surface area contributed by atoms with Crippen LogP contribution in [0, 0.1) is 5.41 Å². The number of benzene rings is 1. The summed E-state index contributed by atoms with van der Waals surface area (Å²) in [5, 5.41) is 2.99. The number of para-hydroxylation sites is 1. The van der Waals surface area contributed by atoms with E-state index in [9.17, 15) is 9.59 Å². The molecule has 2 fully saturated rings. The molecule has 0 radical (unpaired) electrons. The fourth-order valence-corrected chi connectivity index (χ4v) is 4.49. The van der Waals surface area contributed by atoms with Gasteiger partial charge in [-0.1, -0.05) is 18.2 Å². The lowest BCUT2D eigenvalue weighted by molar-refractivity contribution is -0.127. The molecular weight excluding hydrogens is 368 g/mol. The summed E-state index contributed by atoms with van der Waals surface area (Å²) in [4.78, 5) is 31.6. The van der Waals surface area contributed by atoms with Crippen molar-refractivity contribution in [2.24, 2.45) is 5.41 Å². The van der Waals surface area contributed by atoms with Crippen molar-refractivity contribution < 1.29 is 14.0 Å². The maximum absolute atomic E-state index is 13.0. The van der Waals surface area contributed by atoms with Gasteiger partial charge in [-0.3, -0.25) is 9.69 Å². The molecule has 1 aromatic heterocycles. The smallest absolute Gasteiger partial charge is 0.321 e. The average Bonchev–Trinajstić information content (AvgIpc) is 3.28. The molecule has 29 heavy (non-hydrogen) atoms. The average molecular weight is 396 g/mol. The molecule has 1 N–H and O–H groups in total. The number of carbonyl (C=O) groups excluding carboxylic acids is 2. The molecule has 1 spiro atoms. The van der Waals surface area contributed by atoms with Gasteiger partial charge in [0, 0.05) is 56.8 Å². The van der Waals surface area contributed by atoms with E-state index in [0.717, 1.165) is 24.5 Å². The van der Waals surface area contributed by atoms with E-state index in [-0.39, 0.29) is 17.4 Å². The summed E-state index contributed by atoms with van der Waals surface area (Å²) in [5.41, 5.74) is 0.519. The zero-order chi connectivity index (χ0) is 20.3. The number of urea groups is 1. The number of hydrogen-bond donors (Lipinski definition) is 1. The van der Waals surface area contributed by atoms with Crippen LogP contribution in [0.25, 0.3) is 0 Å². The fraction of sp³-hybridized carbons (Fsp3) is 0.455. The Morgan fingerprint density at radius 3 is 2.62 bits per heavy atom. The first-order valence-electron chi connectivity index (χ1n) is 10.2. The molecular formula is C22H28N4O3. The highest BCUT2D eigenvalue weighted by molar-refractivity contribution is 5.89. The Balaban J connectivity index is 1.53. The normalized spacial score (nSPS) is 22.9. The van der Waals surface area contributed by atoms with Gasteiger partial charge in [-0.05, 0) is 31.2 Å². The molecule has 1 aromatic carbocycles. The summed E-state index contributed by atoms with van der Waals surface area (Å²) >= 11 is 0. The predicted molar refractivity (Wildman–Crippen MR) is 110 cm³/mol. The van der Waals surface area contributed by atoms with E-state index >= 15 is 0 Å². The number of amides is 3. The lowest BCUT2D eigenvalue weighted by Crippen LogP contribution is -2.45. The lowest BCUT2D eigenvalue weighted by Gasteiger charge is -2.33. The maximum atomic E-state index is 13.0. The molecule has 3 heterocycles. The first-order valence-corrected chi connectivity index (χ1v) is 10.2. The third-order valence-electron chi connectivity index (χ3n) is 5.83. The number of rotatable bonds is 4. The van der Waals surface area contributed by atoms with Gasteiger partial charge in [0.15, 0.2) is 0 Å². The minimum Gasteiger partial charge on any atom is -0.468 e. The van der Waals surface area contributed by atoms with Crippen molar-refractivity contribution in [3.05, 3.63) is 54.5 Å². The van der Waals surface area contributed by atoms with Gasteiger partial charge < -0.3 is 19.5 Å². The third-order valence-corrected chi connectivity index (χ3v) is 5.83. The molecule has 0 aliphatic carbocycles. The summed E-state index contributed by atoms with van der Waals surface area (Å²) in [5.74, 6) is 1.08. The van der Waals surface area contributed by atoms with Crippen molar-refractivity contribution in [3.63, 3.8) is 0 Å². The molecule has 7 heteroatoms. The number of hydrogen-bond acceptors (Lipinski definition) is 4. The molecule has 2 aromatic rings. The Bertz CT molecular complexity index is 839. The van der Waals surface area contributed by atoms with E-state index in [4.69, 9.17) is 4.42 Å². The summed E-state index contributed by atoms with van der Waals surface area (Å²) in [6, 6.07) is 13.2. The van der Waals surface area contributed by atoms with E-state index in [1.54, 1.807) is 6.26 Å². The Labute approximate surface area is 171 Å². The van der Waals surface area contributed by atoms with Crippen LogP contribution in [-0.2, 0) is 11.3 Å². The standard InChI is InChI=1S/C22H28N4O3/c1-2-25-16-22(13-20(25)27)15-24(14-19-9-6-12-29-19)10-11-26(17-22)21(28)23-18-7-4-3-5-8-18/h3-9,12H,2,10-11,13-17H2,1H3,(H,23,28)/t22-/m1/s1. The minimum absolute atomic E-state index is 0.113. The van der Waals surface area contributed by atoms with Gasteiger partial charge in [0.1, 0.15) is 5.76 Å². The Morgan fingerprint density at radius 1 is 1.10 bits per heavy atom. The van der Waals surface area contributed by atoms with Crippen molar-refractivity contribution >= 4 is 17.6 Å². The molecule has 0 unspecified atom stereocenters. The van der Waals surface area contributed by atoms with Gasteiger partial charge in [-0.2, -0.15) is 0 Å². The first-order chi connectivity index (χ1) is 14.1. The lowest BCUT2D eigenvalue weighted by atomic mass is 9.86. The van der Waals surface area contributed by atoms with Gasteiger partial charge >= 0.3 is 6.03 Å². The van der Waals surface area contributed by atoms with Crippen molar-refractivity contribution in [2.75, 3.05) is 44.6 Å². The van der Waals surface area contributed by atoms with Crippen molar-refractivity contribution in [2.45, 2.75) is 19.9 Å². The summed E-state index contributed by atoms with van der Waals surface area (Å²) in [6.07, 6.45) is 2.16. The molecule has 7 nitrogen and oxygen atoms in total. The van der Waals surface area contributed by atoms with Gasteiger partial charge in [0.25, 0.3) is 0 Å². The Hall–Kier alpha value is -2.80. The second-order valence-corrected chi connectivity index (χ2v) is 8.09. The third kappa shape index (κ3) is 4.45. The van der Waals surface area contributed by atoms with Crippen LogP contribution in [0.5, 0.6) is 0 Å². The van der Waals surface area contributed by atoms with Gasteiger partial charge in [0.05, 0.1) is 12.8 Å². The monoisotopic (exact) mass is 396 g/mol. The molecule has 2 aliphatic heterocycles. The van der Waals surface area contributed by atoms with Gasteiger partial charge in [-0.15, -0.1) is 0 Å². The van der Waals surface area contributed by atoms with Gasteiger partial charge in [-0.25, -0.2) is 4.79 Å². The summed E-state index contributed by atoms with van der Waals surface area (Å²) < 4.78 is 5.53. The molecule has 0 saturated carbocycles. The zero-order valence-electron chi connectivity index (χ0n) is 16.8. The molecule has 154 valence electrons. The fourth-order valence-electron chi connectivity index (χ4n) is 4.49. The number of carbonyl (C=O) groups is 2. The predicted octanol–water partition coefficient (Wildman–Crippen LogP) is 2.87. The van der Waals surface area contributed by atoms with E-state index in [1.165, 1.54) is 0 Å². The van der Waals surface area contributed by atoms with Crippen LogP contribution in [-0.4, -0.2) is 65.9 Å². The summed E-state index contributed by atoms with van der Waals surface area (Å²) in [6.45, 7) is 6.78. The first kappa shape index (κ1) is 19.5. The van der Waals surface area contributed by atoms with Crippen LogP contribution in [0.3, 0.4) is 0 Å². The van der Waals surface area contributed by atoms with Crippen molar-refractivity contribution in [3.8, 4) is 0 Å². The Kier molecular flexibility index (Phi) is 5.58. The van der Waals surface area contributed by atoms with Crippen LogP contribution >= 0.6 is 0 Å². The number of furan rings is 1. The second-order valence-electron chi connectivity index (χ2n) is 8.09. The van der Waals surface area contributed by atoms with Crippen LogP contribution in [0.2, 0.25) is 0 Å². The second kappa shape index (κ2) is 8.29. The summed E-state index contributed by atoms with van der Waals surface area (Å²) in [7, 11) is 0. The van der Waals surface area contributed by atoms with E-state index in [2.05, 4.69) is 10.2 Å². The zero-order valence-corrected chi connectivity index (χ0v) is 16.8. The van der Waals surface area contributed by atoms with Crippen molar-refractivity contribution in [1.82, 2.24) is 14.7 Å². The quantitative estimate of drug-likeness (QED) is 0.863. The molecule has 3 amide bonds. The largest absolute Gasteiger partial charge is 0.468 e. The number of likely N-dealkylation sites (tertiary alicyclic amines) is 1. The topological polar surface area (TPSA) is 69.0 Å². The molecule has 2 saturated heterocycles. The number of nitrogens with zero attached hydrogens (tertiary/aromatic N) is 3. The molecule has 2 aliphatic rings. The van der Waals surface area contributed by atoms with Crippen LogP contribution in [0.4, 0.5) is 10.5 Å². The Morgan fingerprint density at radius 2 is 1.93 bits per heavy atom. The minimum atomic E-state index is -0.260. The van der Waals surface area contributed by atoms with E-state index in [1.807, 2.05) is 59.2 Å². The highest BCUT2D eigenvalue weighted by Crippen LogP contribution is 2.35. The maximum Gasteiger partial charge on any atom is 0.321 e. The van der Waals surface area contributed by atoms with Gasteiger partial charge in [0.2, 0.25) is 5.91 Å². The number of nitrogens with one attached hydrogen (secondary N) is 1. The van der Waals surface area contributed by atoms with Crippen molar-refractivity contribution in [1.29, 1.82) is 0 Å². The highest BCUT2D eigenvalue weighted by Gasteiger charge is 2.46. The SMILES string of the molecule is CCN1C[C@@]2(CC1=O)CN(Cc1ccco1)CCN(C(=O)Nc1ccccc1)C2. The van der Waals surface area contributed by atoms with Crippen LogP contribution < -0.4 is 5.32 Å². The molecule has 4 rings (SSSR count). The van der Waals surface area contributed by atoms with Crippen LogP contribution in [0.15, 0.2) is 53.1 Å². The molecule has 0 bridgehead atoms. The number of anilines is 1.